The molecule has 0 radical (unpaired) electrons. The van der Waals surface area contributed by atoms with E-state index < -0.39 is 0 Å². The lowest BCUT2D eigenvalue weighted by atomic mass is 10.4. The molecule has 1 saturated heterocycles. The number of amidine groups is 1. The number of rotatable bonds is 0. The maximum atomic E-state index is 11.1. The third-order valence-electron chi connectivity index (χ3n) is 1.65. The highest BCUT2D eigenvalue weighted by molar-refractivity contribution is 8.14. The number of aliphatic imine (C=N–C) groups is 1. The van der Waals surface area contributed by atoms with Gasteiger partial charge in [-0.05, 0) is 0 Å². The Morgan fingerprint density at radius 3 is 3.30 bits per heavy atom. The van der Waals surface area contributed by atoms with E-state index in [4.69, 9.17) is 0 Å². The molecular weight excluding hydrogens is 148 g/mol. The molecular formula is C6H8N2OS. The summed E-state index contributed by atoms with van der Waals surface area (Å²) in [6.45, 7) is 1.61. The first kappa shape index (κ1) is 6.22. The van der Waals surface area contributed by atoms with E-state index in [1.165, 1.54) is 0 Å². The summed E-state index contributed by atoms with van der Waals surface area (Å²) in [6.07, 6.45) is 0.684. The molecule has 2 aliphatic heterocycles. The Morgan fingerprint density at radius 1 is 1.60 bits per heavy atom. The molecule has 0 bridgehead atoms. The summed E-state index contributed by atoms with van der Waals surface area (Å²) in [6, 6.07) is 0. The van der Waals surface area contributed by atoms with Crippen LogP contribution in [-0.2, 0) is 4.79 Å². The Balaban J connectivity index is 2.21. The maximum absolute atomic E-state index is 11.1. The molecule has 2 aliphatic rings. The topological polar surface area (TPSA) is 32.7 Å². The molecule has 3 nitrogen and oxygen atoms in total. The Morgan fingerprint density at radius 2 is 2.50 bits per heavy atom. The Hall–Kier alpha value is -0.510. The van der Waals surface area contributed by atoms with Crippen LogP contribution in [0.15, 0.2) is 4.99 Å². The van der Waals surface area contributed by atoms with E-state index in [1.54, 1.807) is 16.7 Å². The normalized spacial score (nSPS) is 24.6. The lowest BCUT2D eigenvalue weighted by Crippen LogP contribution is -2.36. The van der Waals surface area contributed by atoms with Crippen LogP contribution in [0.2, 0.25) is 0 Å². The lowest BCUT2D eigenvalue weighted by molar-refractivity contribution is -0.126. The van der Waals surface area contributed by atoms with Gasteiger partial charge in [-0.1, -0.05) is 11.8 Å². The fourth-order valence-electron chi connectivity index (χ4n) is 1.15. The van der Waals surface area contributed by atoms with Crippen LogP contribution in [0, 0.1) is 0 Å². The Labute approximate surface area is 63.5 Å². The van der Waals surface area contributed by atoms with E-state index in [0.717, 1.165) is 24.0 Å². The van der Waals surface area contributed by atoms with E-state index in [9.17, 15) is 4.79 Å². The highest BCUT2D eigenvalue weighted by Gasteiger charge is 2.27. The third kappa shape index (κ3) is 0.831. The molecule has 1 fully saturated rings. The van der Waals surface area contributed by atoms with Crippen molar-refractivity contribution in [2.75, 3.05) is 18.8 Å². The first-order chi connectivity index (χ1) is 4.88. The van der Waals surface area contributed by atoms with Gasteiger partial charge in [-0.2, -0.15) is 0 Å². The van der Waals surface area contributed by atoms with E-state index in [-0.39, 0.29) is 5.91 Å². The largest absolute Gasteiger partial charge is 0.290 e. The minimum absolute atomic E-state index is 0.245. The molecule has 0 unspecified atom stereocenters. The van der Waals surface area contributed by atoms with E-state index in [1.807, 2.05) is 0 Å². The predicted molar refractivity (Wildman–Crippen MR) is 41.1 cm³/mol. The fourth-order valence-corrected chi connectivity index (χ4v) is 2.14. The van der Waals surface area contributed by atoms with Crippen molar-refractivity contribution in [3.8, 4) is 0 Å². The summed E-state index contributed by atoms with van der Waals surface area (Å²) in [5.41, 5.74) is 0. The summed E-state index contributed by atoms with van der Waals surface area (Å²) in [5.74, 6) is 1.16. The molecule has 0 N–H and O–H groups in total. The first-order valence-corrected chi connectivity index (χ1v) is 4.34. The average molecular weight is 156 g/mol. The molecule has 0 aromatic rings. The highest BCUT2D eigenvalue weighted by atomic mass is 32.2. The van der Waals surface area contributed by atoms with Gasteiger partial charge in [0.25, 0.3) is 0 Å². The molecule has 4 heteroatoms. The molecule has 2 heterocycles. The van der Waals surface area contributed by atoms with Crippen LogP contribution in [0.1, 0.15) is 6.42 Å². The third-order valence-corrected chi connectivity index (χ3v) is 2.67. The number of hydrogen-bond acceptors (Lipinski definition) is 3. The zero-order valence-corrected chi connectivity index (χ0v) is 6.36. The van der Waals surface area contributed by atoms with Gasteiger partial charge in [-0.15, -0.1) is 0 Å². The number of hydrogen-bond donors (Lipinski definition) is 0. The SMILES string of the molecule is O=C1CCSC2=NCCN12. The van der Waals surface area contributed by atoms with Gasteiger partial charge in [0.2, 0.25) is 5.91 Å². The Bertz CT molecular complexity index is 202. The second-order valence-corrected chi connectivity index (χ2v) is 3.37. The van der Waals surface area contributed by atoms with Crippen LogP contribution in [-0.4, -0.2) is 34.8 Å². The van der Waals surface area contributed by atoms with Gasteiger partial charge in [0.15, 0.2) is 5.17 Å². The minimum Gasteiger partial charge on any atom is -0.290 e. The van der Waals surface area contributed by atoms with E-state index in [0.29, 0.717) is 6.42 Å². The van der Waals surface area contributed by atoms with Gasteiger partial charge >= 0.3 is 0 Å². The van der Waals surface area contributed by atoms with E-state index >= 15 is 0 Å². The van der Waals surface area contributed by atoms with Crippen molar-refractivity contribution in [1.82, 2.24) is 4.90 Å². The van der Waals surface area contributed by atoms with Crippen LogP contribution in [0.5, 0.6) is 0 Å². The summed E-state index contributed by atoms with van der Waals surface area (Å²) >= 11 is 1.69. The van der Waals surface area contributed by atoms with Crippen LogP contribution < -0.4 is 0 Å². The zero-order chi connectivity index (χ0) is 6.97. The maximum Gasteiger partial charge on any atom is 0.229 e. The second kappa shape index (κ2) is 2.27. The Kier molecular flexibility index (Phi) is 1.41. The molecule has 2 rings (SSSR count). The number of carbonyl (C=O) groups excluding carboxylic acids is 1. The number of thioether (sulfide) groups is 1. The van der Waals surface area contributed by atoms with Gasteiger partial charge in [0.1, 0.15) is 0 Å². The predicted octanol–water partition coefficient (Wildman–Crippen LogP) is 0.322. The average Bonchev–Trinajstić information content (AvgIpc) is 2.36. The molecule has 0 atom stereocenters. The summed E-state index contributed by atoms with van der Waals surface area (Å²) in [4.78, 5) is 17.1. The van der Waals surface area contributed by atoms with Crippen molar-refractivity contribution in [1.29, 1.82) is 0 Å². The standard InChI is InChI=1S/C6H8N2OS/c9-5-1-4-10-6-7-2-3-8(5)6/h1-4H2. The summed E-state index contributed by atoms with van der Waals surface area (Å²) in [5, 5.41) is 0.941. The molecule has 0 aromatic heterocycles. The van der Waals surface area contributed by atoms with Gasteiger partial charge in [-0.3, -0.25) is 14.7 Å². The highest BCUT2D eigenvalue weighted by Crippen LogP contribution is 2.21. The minimum atomic E-state index is 0.245. The van der Waals surface area contributed by atoms with Crippen LogP contribution in [0.4, 0.5) is 0 Å². The molecule has 0 spiro atoms. The summed E-state index contributed by atoms with van der Waals surface area (Å²) in [7, 11) is 0. The number of nitrogens with zero attached hydrogens (tertiary/aromatic N) is 2. The van der Waals surface area contributed by atoms with Gasteiger partial charge in [0, 0.05) is 18.7 Å². The van der Waals surface area contributed by atoms with E-state index in [2.05, 4.69) is 4.99 Å². The van der Waals surface area contributed by atoms with Crippen LogP contribution in [0.25, 0.3) is 0 Å². The van der Waals surface area contributed by atoms with Crippen molar-refractivity contribution in [2.45, 2.75) is 6.42 Å². The second-order valence-electron chi connectivity index (χ2n) is 2.31. The van der Waals surface area contributed by atoms with Crippen molar-refractivity contribution in [2.24, 2.45) is 4.99 Å². The molecule has 0 aromatic carbocycles. The van der Waals surface area contributed by atoms with Gasteiger partial charge in [-0.25, -0.2) is 0 Å². The quantitative estimate of drug-likeness (QED) is 0.506. The number of fused-ring (bicyclic) bond motifs is 1. The van der Waals surface area contributed by atoms with Crippen molar-refractivity contribution in [3.05, 3.63) is 0 Å². The first-order valence-electron chi connectivity index (χ1n) is 3.35. The van der Waals surface area contributed by atoms with Crippen LogP contribution >= 0.6 is 11.8 Å². The number of amides is 1. The zero-order valence-electron chi connectivity index (χ0n) is 5.54. The van der Waals surface area contributed by atoms with Gasteiger partial charge < -0.3 is 0 Å². The molecule has 1 amide bonds. The lowest BCUT2D eigenvalue weighted by Gasteiger charge is -2.21. The fraction of sp³-hybridized carbons (Fsp3) is 0.667. The smallest absolute Gasteiger partial charge is 0.229 e. The summed E-state index contributed by atoms with van der Waals surface area (Å²) < 4.78 is 0. The van der Waals surface area contributed by atoms with Gasteiger partial charge in [0.05, 0.1) is 6.54 Å². The monoisotopic (exact) mass is 156 g/mol. The molecule has 10 heavy (non-hydrogen) atoms. The number of carbonyl (C=O) groups is 1. The molecule has 0 saturated carbocycles. The van der Waals surface area contributed by atoms with Crippen molar-refractivity contribution < 1.29 is 4.79 Å². The molecule has 0 aliphatic carbocycles. The molecule has 54 valence electrons. The van der Waals surface area contributed by atoms with Crippen molar-refractivity contribution in [3.63, 3.8) is 0 Å². The van der Waals surface area contributed by atoms with Crippen LogP contribution in [0.3, 0.4) is 0 Å². The van der Waals surface area contributed by atoms with Crippen molar-refractivity contribution >= 4 is 22.8 Å².